The first kappa shape index (κ1) is 20.3. The van der Waals surface area contributed by atoms with E-state index in [0.29, 0.717) is 12.2 Å². The molecule has 0 bridgehead atoms. The van der Waals surface area contributed by atoms with Crippen LogP contribution < -0.4 is 4.74 Å². The van der Waals surface area contributed by atoms with Crippen molar-refractivity contribution in [3.63, 3.8) is 0 Å². The molecule has 2 rings (SSSR count). The smallest absolute Gasteiger partial charge is 0.348 e. The van der Waals surface area contributed by atoms with Gasteiger partial charge in [-0.25, -0.2) is 9.59 Å². The number of cyclic esters (lactones) is 1. The van der Waals surface area contributed by atoms with E-state index in [1.54, 1.807) is 24.3 Å². The number of hydrogen-bond acceptors (Lipinski definition) is 5. The van der Waals surface area contributed by atoms with Gasteiger partial charge < -0.3 is 14.2 Å². The van der Waals surface area contributed by atoms with Crippen molar-refractivity contribution in [3.8, 4) is 5.75 Å². The Hall–Kier alpha value is -2.04. The molecule has 0 saturated carbocycles. The van der Waals surface area contributed by atoms with Gasteiger partial charge in [0, 0.05) is 5.41 Å². The molecular weight excluding hydrogens is 332 g/mol. The third kappa shape index (κ3) is 5.75. The van der Waals surface area contributed by atoms with Crippen LogP contribution in [-0.2, 0) is 14.3 Å². The monoisotopic (exact) mass is 362 g/mol. The van der Waals surface area contributed by atoms with E-state index in [9.17, 15) is 9.59 Å². The van der Waals surface area contributed by atoms with Gasteiger partial charge in [-0.3, -0.25) is 0 Å². The highest BCUT2D eigenvalue weighted by atomic mass is 16.6. The third-order valence-electron chi connectivity index (χ3n) is 4.59. The summed E-state index contributed by atoms with van der Waals surface area (Å²) in [6, 6.07) is 6.83. The molecular formula is C21H30O5. The first-order valence-corrected chi connectivity index (χ1v) is 9.54. The summed E-state index contributed by atoms with van der Waals surface area (Å²) in [5.74, 6) is -0.276. The first-order valence-electron chi connectivity index (χ1n) is 9.54. The highest BCUT2D eigenvalue weighted by Gasteiger charge is 2.46. The van der Waals surface area contributed by atoms with Crippen LogP contribution in [0, 0.1) is 5.41 Å². The van der Waals surface area contributed by atoms with Gasteiger partial charge in [0.2, 0.25) is 6.10 Å². The molecule has 5 heteroatoms. The molecule has 1 heterocycles. The van der Waals surface area contributed by atoms with Crippen LogP contribution in [0.5, 0.6) is 5.75 Å². The van der Waals surface area contributed by atoms with Gasteiger partial charge in [0.05, 0.1) is 12.2 Å². The van der Waals surface area contributed by atoms with E-state index in [4.69, 9.17) is 14.2 Å². The van der Waals surface area contributed by atoms with Crippen LogP contribution in [-0.4, -0.2) is 31.3 Å². The maximum atomic E-state index is 12.3. The molecule has 144 valence electrons. The Morgan fingerprint density at radius 2 is 1.77 bits per heavy atom. The Bertz CT molecular complexity index is 591. The molecule has 1 atom stereocenters. The van der Waals surface area contributed by atoms with Crippen LogP contribution >= 0.6 is 0 Å². The van der Waals surface area contributed by atoms with Gasteiger partial charge in [-0.1, -0.05) is 52.9 Å². The SMILES string of the molecule is CCCCCCCCOc1ccc(C(=O)O[C@@H]2C(=O)OCC2(C)C)cc1. The van der Waals surface area contributed by atoms with Crippen molar-refractivity contribution >= 4 is 11.9 Å². The molecule has 0 aliphatic carbocycles. The Balaban J connectivity index is 1.76. The van der Waals surface area contributed by atoms with Crippen molar-refractivity contribution in [1.29, 1.82) is 0 Å². The second kappa shape index (κ2) is 9.60. The highest BCUT2D eigenvalue weighted by Crippen LogP contribution is 2.31. The summed E-state index contributed by atoms with van der Waals surface area (Å²) in [7, 11) is 0. The van der Waals surface area contributed by atoms with Crippen LogP contribution in [0.1, 0.15) is 69.7 Å². The summed E-state index contributed by atoms with van der Waals surface area (Å²) in [5.41, 5.74) is -0.111. The molecule has 0 amide bonds. The third-order valence-corrected chi connectivity index (χ3v) is 4.59. The molecule has 0 N–H and O–H groups in total. The van der Waals surface area contributed by atoms with Gasteiger partial charge in [0.15, 0.2) is 0 Å². The maximum Gasteiger partial charge on any atom is 0.348 e. The lowest BCUT2D eigenvalue weighted by Gasteiger charge is -2.21. The minimum atomic E-state index is -0.862. The van der Waals surface area contributed by atoms with Crippen molar-refractivity contribution in [3.05, 3.63) is 29.8 Å². The molecule has 1 aromatic rings. The van der Waals surface area contributed by atoms with Gasteiger partial charge in [-0.05, 0) is 30.7 Å². The topological polar surface area (TPSA) is 61.8 Å². The Morgan fingerprint density at radius 3 is 2.38 bits per heavy atom. The number of carbonyl (C=O) groups is 2. The van der Waals surface area contributed by atoms with Crippen LogP contribution in [0.15, 0.2) is 24.3 Å². The van der Waals surface area contributed by atoms with Crippen LogP contribution in [0.3, 0.4) is 0 Å². The average molecular weight is 362 g/mol. The molecule has 0 aromatic heterocycles. The van der Waals surface area contributed by atoms with Crippen LogP contribution in [0.4, 0.5) is 0 Å². The lowest BCUT2D eigenvalue weighted by molar-refractivity contribution is -0.145. The predicted molar refractivity (Wildman–Crippen MR) is 99.3 cm³/mol. The molecule has 0 spiro atoms. The zero-order chi connectivity index (χ0) is 19.0. The fourth-order valence-corrected chi connectivity index (χ4v) is 2.87. The second-order valence-corrected chi connectivity index (χ2v) is 7.52. The van der Waals surface area contributed by atoms with Crippen LogP contribution in [0.25, 0.3) is 0 Å². The van der Waals surface area contributed by atoms with E-state index in [2.05, 4.69) is 6.92 Å². The van der Waals surface area contributed by atoms with E-state index < -0.39 is 23.5 Å². The fourth-order valence-electron chi connectivity index (χ4n) is 2.87. The fraction of sp³-hybridized carbons (Fsp3) is 0.619. The number of unbranched alkanes of at least 4 members (excludes halogenated alkanes) is 5. The summed E-state index contributed by atoms with van der Waals surface area (Å²) in [6.45, 7) is 6.83. The predicted octanol–water partition coefficient (Wildman–Crippen LogP) is 4.53. The Kier molecular flexibility index (Phi) is 7.49. The van der Waals surface area contributed by atoms with E-state index >= 15 is 0 Å². The number of ether oxygens (including phenoxy) is 3. The number of carbonyl (C=O) groups excluding carboxylic acids is 2. The minimum Gasteiger partial charge on any atom is -0.494 e. The van der Waals surface area contributed by atoms with Crippen molar-refractivity contribution in [2.75, 3.05) is 13.2 Å². The van der Waals surface area contributed by atoms with Crippen molar-refractivity contribution in [2.24, 2.45) is 5.41 Å². The highest BCUT2D eigenvalue weighted by molar-refractivity contribution is 5.92. The molecule has 1 aliphatic rings. The van der Waals surface area contributed by atoms with Gasteiger partial charge in [0.25, 0.3) is 0 Å². The number of esters is 2. The zero-order valence-electron chi connectivity index (χ0n) is 16.1. The zero-order valence-corrected chi connectivity index (χ0v) is 16.1. The second-order valence-electron chi connectivity index (χ2n) is 7.52. The van der Waals surface area contributed by atoms with Gasteiger partial charge in [0.1, 0.15) is 12.4 Å². The van der Waals surface area contributed by atoms with Gasteiger partial charge >= 0.3 is 11.9 Å². The molecule has 5 nitrogen and oxygen atoms in total. The summed E-state index contributed by atoms with van der Waals surface area (Å²) in [5, 5.41) is 0. The maximum absolute atomic E-state index is 12.3. The molecule has 0 radical (unpaired) electrons. The number of benzene rings is 1. The van der Waals surface area contributed by atoms with E-state index in [1.165, 1.54) is 32.1 Å². The normalized spacial score (nSPS) is 18.4. The van der Waals surface area contributed by atoms with E-state index in [0.717, 1.165) is 12.2 Å². The number of rotatable bonds is 10. The lowest BCUT2D eigenvalue weighted by atomic mass is 9.90. The number of hydrogen-bond donors (Lipinski definition) is 0. The van der Waals surface area contributed by atoms with E-state index in [1.807, 2.05) is 13.8 Å². The molecule has 1 aromatic carbocycles. The van der Waals surface area contributed by atoms with Gasteiger partial charge in [-0.15, -0.1) is 0 Å². The molecule has 1 saturated heterocycles. The van der Waals surface area contributed by atoms with Crippen molar-refractivity contribution < 1.29 is 23.8 Å². The largest absolute Gasteiger partial charge is 0.494 e. The Morgan fingerprint density at radius 1 is 1.12 bits per heavy atom. The summed E-state index contributed by atoms with van der Waals surface area (Å²) in [4.78, 5) is 24.0. The summed E-state index contributed by atoms with van der Waals surface area (Å²) in [6.07, 6.45) is 6.45. The minimum absolute atomic E-state index is 0.259. The van der Waals surface area contributed by atoms with E-state index in [-0.39, 0.29) is 6.61 Å². The van der Waals surface area contributed by atoms with Crippen molar-refractivity contribution in [1.82, 2.24) is 0 Å². The quantitative estimate of drug-likeness (QED) is 0.452. The average Bonchev–Trinajstić information content (AvgIpc) is 2.88. The first-order chi connectivity index (χ1) is 12.4. The standard InChI is InChI=1S/C21H30O5/c1-4-5-6-7-8-9-14-24-17-12-10-16(11-13-17)19(22)26-18-20(23)25-15-21(18,2)3/h10-13,18H,4-9,14-15H2,1-3H3/t18-/m1/s1. The van der Waals surface area contributed by atoms with Crippen LogP contribution in [0.2, 0.25) is 0 Å². The molecule has 1 fully saturated rings. The molecule has 1 aliphatic heterocycles. The lowest BCUT2D eigenvalue weighted by Crippen LogP contribution is -2.34. The molecule has 0 unspecified atom stereocenters. The summed E-state index contributed by atoms with van der Waals surface area (Å²) >= 11 is 0. The Labute approximate surface area is 156 Å². The van der Waals surface area contributed by atoms with Crippen molar-refractivity contribution in [2.45, 2.75) is 65.4 Å². The molecule has 26 heavy (non-hydrogen) atoms. The summed E-state index contributed by atoms with van der Waals surface area (Å²) < 4.78 is 16.0. The van der Waals surface area contributed by atoms with Gasteiger partial charge in [-0.2, -0.15) is 0 Å².